The molecule has 0 bridgehead atoms. The van der Waals surface area contributed by atoms with Crippen molar-refractivity contribution in [3.8, 4) is 0 Å². The van der Waals surface area contributed by atoms with Crippen LogP contribution in [0.15, 0.2) is 0 Å². The molecule has 0 aromatic heterocycles. The number of hydrogen-bond donors (Lipinski definition) is 0. The van der Waals surface area contributed by atoms with Crippen LogP contribution in [0.4, 0.5) is 0 Å². The molecule has 0 rings (SSSR count). The second kappa shape index (κ2) is 6.82. The zero-order valence-corrected chi connectivity index (χ0v) is 9.18. The van der Waals surface area contributed by atoms with Crippen molar-refractivity contribution in [2.75, 3.05) is 6.61 Å². The summed E-state index contributed by atoms with van der Waals surface area (Å²) in [6.07, 6.45) is 3.68. The average molecular weight is 258 g/mol. The molecular weight excluding hydrogens is 246 g/mol. The zero-order chi connectivity index (χ0) is 7.11. The summed E-state index contributed by atoms with van der Waals surface area (Å²) >= 11 is 5.13. The van der Waals surface area contributed by atoms with Crippen LogP contribution in [0.25, 0.3) is 0 Å². The summed E-state index contributed by atoms with van der Waals surface area (Å²) in [7, 11) is 0. The fourth-order valence-electron chi connectivity index (χ4n) is 0.512. The summed E-state index contributed by atoms with van der Waals surface area (Å²) in [5, 5.41) is 0. The first-order chi connectivity index (χ1) is 4.27. The van der Waals surface area contributed by atoms with Gasteiger partial charge in [0.1, 0.15) is 0 Å². The molecule has 0 fully saturated rings. The first kappa shape index (κ1) is 9.71. The van der Waals surface area contributed by atoms with Crippen molar-refractivity contribution < 1.29 is 4.74 Å². The Bertz CT molecular complexity index is 83.1. The molecule has 0 unspecified atom stereocenters. The van der Waals surface area contributed by atoms with Crippen molar-refractivity contribution in [2.45, 2.75) is 26.2 Å². The van der Waals surface area contributed by atoms with E-state index >= 15 is 0 Å². The van der Waals surface area contributed by atoms with Crippen LogP contribution in [0.5, 0.6) is 0 Å². The second-order valence-electron chi connectivity index (χ2n) is 1.82. The Morgan fingerprint density at radius 3 is 2.67 bits per heavy atom. The van der Waals surface area contributed by atoms with Crippen LogP contribution in [0.2, 0.25) is 0 Å². The summed E-state index contributed by atoms with van der Waals surface area (Å²) in [6, 6.07) is 0. The van der Waals surface area contributed by atoms with Crippen molar-refractivity contribution in [1.82, 2.24) is 0 Å². The van der Waals surface area contributed by atoms with Gasteiger partial charge in [-0.05, 0) is 0 Å². The maximum atomic E-state index is 5.18. The summed E-state index contributed by atoms with van der Waals surface area (Å²) < 4.78 is 6.06. The van der Waals surface area contributed by atoms with E-state index in [4.69, 9.17) is 4.74 Å². The van der Waals surface area contributed by atoms with Gasteiger partial charge in [0.05, 0.1) is 0 Å². The molecule has 0 amide bonds. The Morgan fingerprint density at radius 1 is 1.56 bits per heavy atom. The van der Waals surface area contributed by atoms with E-state index in [1.807, 2.05) is 0 Å². The van der Waals surface area contributed by atoms with Gasteiger partial charge < -0.3 is 0 Å². The Labute approximate surface area is 72.7 Å². The molecule has 0 spiro atoms. The quantitative estimate of drug-likeness (QED) is 0.510. The number of rotatable bonds is 5. The molecule has 0 aromatic carbocycles. The molecular formula is C6H12OSe2. The fraction of sp³-hybridized carbons (Fsp3) is 0.833. The standard InChI is InChI=1S/C6H12OSe2/c1-2-3-4-5-7-6(8)9/h2-5H2,1H3,(H,8,9). The summed E-state index contributed by atoms with van der Waals surface area (Å²) in [5.74, 6) is 0. The van der Waals surface area contributed by atoms with Gasteiger partial charge in [0, 0.05) is 0 Å². The van der Waals surface area contributed by atoms with Gasteiger partial charge in [-0.1, -0.05) is 0 Å². The average Bonchev–Trinajstić information content (AvgIpc) is 1.80. The van der Waals surface area contributed by atoms with E-state index < -0.39 is 0 Å². The van der Waals surface area contributed by atoms with Crippen molar-refractivity contribution in [3.63, 3.8) is 0 Å². The van der Waals surface area contributed by atoms with Crippen LogP contribution in [-0.4, -0.2) is 41.7 Å². The third-order valence-corrected chi connectivity index (χ3v) is 1.49. The Kier molecular flexibility index (Phi) is 7.36. The maximum absolute atomic E-state index is 5.18. The van der Waals surface area contributed by atoms with E-state index in [1.54, 1.807) is 0 Å². The third kappa shape index (κ3) is 8.71. The second-order valence-corrected chi connectivity index (χ2v) is 4.93. The van der Waals surface area contributed by atoms with E-state index in [2.05, 4.69) is 38.5 Å². The van der Waals surface area contributed by atoms with E-state index in [9.17, 15) is 0 Å². The molecule has 0 atom stereocenters. The van der Waals surface area contributed by atoms with Crippen LogP contribution < -0.4 is 0 Å². The molecule has 54 valence electrons. The van der Waals surface area contributed by atoms with Crippen molar-refractivity contribution in [3.05, 3.63) is 0 Å². The molecule has 0 heterocycles. The van der Waals surface area contributed by atoms with Crippen molar-refractivity contribution in [1.29, 1.82) is 0 Å². The van der Waals surface area contributed by atoms with Crippen LogP contribution in [0.1, 0.15) is 26.2 Å². The topological polar surface area (TPSA) is 9.23 Å². The van der Waals surface area contributed by atoms with E-state index in [-0.39, 0.29) is 0 Å². The summed E-state index contributed by atoms with van der Waals surface area (Å²) in [4.78, 5) is 0. The Morgan fingerprint density at radius 2 is 2.22 bits per heavy atom. The molecule has 0 N–H and O–H groups in total. The van der Waals surface area contributed by atoms with Crippen LogP contribution in [0.3, 0.4) is 0 Å². The molecule has 0 aromatic rings. The van der Waals surface area contributed by atoms with Gasteiger partial charge in [0.15, 0.2) is 0 Å². The molecule has 9 heavy (non-hydrogen) atoms. The molecule has 0 aliphatic carbocycles. The number of hydrogen-bond acceptors (Lipinski definition) is 1. The first-order valence-electron chi connectivity index (χ1n) is 3.13. The molecule has 0 saturated heterocycles. The predicted octanol–water partition coefficient (Wildman–Crippen LogP) is 0.350. The third-order valence-electron chi connectivity index (χ3n) is 0.973. The van der Waals surface area contributed by atoms with E-state index in [0.29, 0.717) is 0 Å². The van der Waals surface area contributed by atoms with Crippen LogP contribution >= 0.6 is 0 Å². The van der Waals surface area contributed by atoms with Gasteiger partial charge in [0.25, 0.3) is 0 Å². The summed E-state index contributed by atoms with van der Waals surface area (Å²) in [5.41, 5.74) is 0. The molecule has 3 heteroatoms. The molecule has 1 nitrogen and oxygen atoms in total. The van der Waals surface area contributed by atoms with Gasteiger partial charge in [0.2, 0.25) is 0 Å². The fourth-order valence-corrected chi connectivity index (χ4v) is 0.878. The van der Waals surface area contributed by atoms with E-state index in [0.717, 1.165) is 10.1 Å². The van der Waals surface area contributed by atoms with Crippen LogP contribution in [0, 0.1) is 0 Å². The normalized spacial score (nSPS) is 9.11. The molecule has 0 saturated carbocycles. The monoisotopic (exact) mass is 260 g/mol. The number of unbranched alkanes of at least 4 members (excludes halogenated alkanes) is 2. The van der Waals surface area contributed by atoms with Crippen molar-refractivity contribution >= 4 is 35.1 Å². The van der Waals surface area contributed by atoms with Gasteiger partial charge in [-0.2, -0.15) is 0 Å². The minimum absolute atomic E-state index is 0.852. The zero-order valence-electron chi connectivity index (χ0n) is 5.59. The molecule has 0 radical (unpaired) electrons. The SMILES string of the molecule is CCCCCOC(=[Se])[SeH]. The van der Waals surface area contributed by atoms with Crippen molar-refractivity contribution in [2.24, 2.45) is 0 Å². The minimum atomic E-state index is 0.852. The summed E-state index contributed by atoms with van der Waals surface area (Å²) in [6.45, 7) is 3.04. The Balaban J connectivity index is 2.83. The van der Waals surface area contributed by atoms with Crippen LogP contribution in [-0.2, 0) is 4.74 Å². The predicted molar refractivity (Wildman–Crippen MR) is 43.4 cm³/mol. The molecule has 0 aliphatic rings. The Hall–Kier alpha value is 0.709. The number of ether oxygens (including phenoxy) is 1. The van der Waals surface area contributed by atoms with E-state index in [1.165, 1.54) is 19.3 Å². The van der Waals surface area contributed by atoms with Gasteiger partial charge in [-0.3, -0.25) is 0 Å². The van der Waals surface area contributed by atoms with Gasteiger partial charge in [-0.15, -0.1) is 0 Å². The van der Waals surface area contributed by atoms with Gasteiger partial charge in [-0.25, -0.2) is 0 Å². The first-order valence-corrected chi connectivity index (χ1v) is 4.92. The molecule has 0 aliphatic heterocycles. The van der Waals surface area contributed by atoms with Gasteiger partial charge >= 0.3 is 72.6 Å².